The first-order chi connectivity index (χ1) is 6.70. The van der Waals surface area contributed by atoms with Gasteiger partial charge in [-0.15, -0.1) is 0 Å². The Morgan fingerprint density at radius 2 is 2.07 bits per heavy atom. The van der Waals surface area contributed by atoms with E-state index in [1.807, 2.05) is 18.2 Å². The highest BCUT2D eigenvalue weighted by atomic mass is 79.9. The Balaban J connectivity index is 2.73. The van der Waals surface area contributed by atoms with Crippen molar-refractivity contribution < 1.29 is 0 Å². The number of aromatic nitrogens is 1. The lowest BCUT2D eigenvalue weighted by atomic mass is 10.2. The molecule has 0 aliphatic rings. The minimum absolute atomic E-state index is 0.738. The van der Waals surface area contributed by atoms with E-state index in [1.165, 1.54) is 0 Å². The van der Waals surface area contributed by atoms with Crippen molar-refractivity contribution in [2.24, 2.45) is 0 Å². The van der Waals surface area contributed by atoms with Crippen LogP contribution in [0.15, 0.2) is 28.9 Å². The summed E-state index contributed by atoms with van der Waals surface area (Å²) in [5.41, 5.74) is 2.07. The zero-order valence-corrected chi connectivity index (χ0v) is 11.0. The molecule has 0 N–H and O–H groups in total. The lowest BCUT2D eigenvalue weighted by Crippen LogP contribution is -1.87. The molecule has 0 amide bonds. The maximum Gasteiger partial charge on any atom is 0.110 e. The normalized spacial score (nSPS) is 10.8. The summed E-state index contributed by atoms with van der Waals surface area (Å²) in [7, 11) is 0. The van der Waals surface area contributed by atoms with Crippen LogP contribution in [0.2, 0.25) is 5.02 Å². The summed E-state index contributed by atoms with van der Waals surface area (Å²) in [5.74, 6) is 0. The minimum atomic E-state index is 0.738. The lowest BCUT2D eigenvalue weighted by Gasteiger charge is -2.03. The predicted octanol–water partition coefficient (Wildman–Crippen LogP) is 4.55. The molecule has 0 aliphatic heterocycles. The Morgan fingerprint density at radius 1 is 1.29 bits per heavy atom. The smallest absolute Gasteiger partial charge is 0.110 e. The molecule has 1 heterocycles. The summed E-state index contributed by atoms with van der Waals surface area (Å²) in [4.78, 5) is 4.42. The van der Waals surface area contributed by atoms with Crippen LogP contribution < -0.4 is 0 Å². The first-order valence-electron chi connectivity index (χ1n) is 4.01. The molecule has 0 aliphatic carbocycles. The van der Waals surface area contributed by atoms with Gasteiger partial charge in [-0.25, -0.2) is 4.98 Å². The zero-order chi connectivity index (χ0) is 10.1. The van der Waals surface area contributed by atoms with E-state index in [4.69, 9.17) is 11.6 Å². The van der Waals surface area contributed by atoms with Gasteiger partial charge >= 0.3 is 0 Å². The highest BCUT2D eigenvalue weighted by molar-refractivity contribution is 9.10. The summed E-state index contributed by atoms with van der Waals surface area (Å²) >= 11 is 12.7. The van der Waals surface area contributed by atoms with Crippen LogP contribution in [-0.4, -0.2) is 4.98 Å². The molecule has 1 aromatic carbocycles. The van der Waals surface area contributed by atoms with Gasteiger partial charge in [0.15, 0.2) is 0 Å². The molecule has 4 heteroatoms. The van der Waals surface area contributed by atoms with Crippen molar-refractivity contribution in [2.75, 3.05) is 0 Å². The molecule has 2 aromatic rings. The summed E-state index contributed by atoms with van der Waals surface area (Å²) in [6, 6.07) is 7.76. The summed E-state index contributed by atoms with van der Waals surface area (Å²) in [5, 5.41) is 2.58. The Labute approximate surface area is 104 Å². The summed E-state index contributed by atoms with van der Waals surface area (Å²) in [6.07, 6.45) is 0. The van der Waals surface area contributed by atoms with Crippen molar-refractivity contribution in [1.82, 2.24) is 4.98 Å². The molecule has 2 rings (SSSR count). The van der Waals surface area contributed by atoms with E-state index in [2.05, 4.69) is 42.9 Å². The van der Waals surface area contributed by atoms with Gasteiger partial charge < -0.3 is 0 Å². The van der Waals surface area contributed by atoms with E-state index >= 15 is 0 Å². The molecule has 0 spiro atoms. The van der Waals surface area contributed by atoms with Gasteiger partial charge in [0.05, 0.1) is 5.52 Å². The van der Waals surface area contributed by atoms with Gasteiger partial charge in [0, 0.05) is 15.7 Å². The molecule has 0 fully saturated rings. The highest BCUT2D eigenvalue weighted by Gasteiger charge is 2.03. The minimum Gasteiger partial charge on any atom is -0.241 e. The third-order valence-corrected chi connectivity index (χ3v) is 3.47. The van der Waals surface area contributed by atoms with Crippen LogP contribution in [0.5, 0.6) is 0 Å². The standard InChI is InChI=1S/C10H6Br2ClN/c11-5-7-3-6-4-8(13)1-2-9(6)14-10(7)12/h1-4H,5H2. The molecule has 1 nitrogen and oxygen atoms in total. The van der Waals surface area contributed by atoms with Gasteiger partial charge in [-0.2, -0.15) is 0 Å². The first kappa shape index (κ1) is 10.4. The van der Waals surface area contributed by atoms with Gasteiger partial charge in [0.2, 0.25) is 0 Å². The Bertz CT molecular complexity index is 485. The average molecular weight is 335 g/mol. The number of rotatable bonds is 1. The Hall–Kier alpha value is -0.120. The second-order valence-corrected chi connectivity index (χ2v) is 4.66. The predicted molar refractivity (Wildman–Crippen MR) is 67.1 cm³/mol. The Kier molecular flexibility index (Phi) is 3.10. The van der Waals surface area contributed by atoms with Crippen molar-refractivity contribution in [2.45, 2.75) is 5.33 Å². The fourth-order valence-electron chi connectivity index (χ4n) is 1.26. The Morgan fingerprint density at radius 3 is 2.79 bits per heavy atom. The zero-order valence-electron chi connectivity index (χ0n) is 7.10. The maximum atomic E-state index is 5.90. The van der Waals surface area contributed by atoms with E-state index in [-0.39, 0.29) is 0 Å². The molecule has 72 valence electrons. The monoisotopic (exact) mass is 333 g/mol. The van der Waals surface area contributed by atoms with Gasteiger partial charge in [0.25, 0.3) is 0 Å². The molecule has 0 atom stereocenters. The van der Waals surface area contributed by atoms with Crippen molar-refractivity contribution in [3.8, 4) is 0 Å². The van der Waals surface area contributed by atoms with E-state index < -0.39 is 0 Å². The SMILES string of the molecule is Clc1ccc2nc(Br)c(CBr)cc2c1. The maximum absolute atomic E-state index is 5.90. The van der Waals surface area contributed by atoms with Gasteiger partial charge in [-0.05, 0) is 45.8 Å². The number of fused-ring (bicyclic) bond motifs is 1. The molecule has 0 bridgehead atoms. The van der Waals surface area contributed by atoms with Crippen LogP contribution in [0.25, 0.3) is 10.9 Å². The van der Waals surface area contributed by atoms with Crippen molar-refractivity contribution in [1.29, 1.82) is 0 Å². The molecular formula is C10H6Br2ClN. The van der Waals surface area contributed by atoms with Gasteiger partial charge in [-0.3, -0.25) is 0 Å². The molecule has 0 radical (unpaired) electrons. The van der Waals surface area contributed by atoms with E-state index in [1.54, 1.807) is 0 Å². The largest absolute Gasteiger partial charge is 0.241 e. The quantitative estimate of drug-likeness (QED) is 0.550. The number of alkyl halides is 1. The van der Waals surface area contributed by atoms with Crippen LogP contribution in [0, 0.1) is 0 Å². The molecule has 0 unspecified atom stereocenters. The van der Waals surface area contributed by atoms with Crippen LogP contribution in [0.4, 0.5) is 0 Å². The van der Waals surface area contributed by atoms with Crippen LogP contribution in [0.3, 0.4) is 0 Å². The fraction of sp³-hybridized carbons (Fsp3) is 0.100. The number of hydrogen-bond donors (Lipinski definition) is 0. The molecule has 0 saturated carbocycles. The molecule has 14 heavy (non-hydrogen) atoms. The number of halogens is 3. The second-order valence-electron chi connectivity index (χ2n) is 2.91. The molecular weight excluding hydrogens is 329 g/mol. The van der Waals surface area contributed by atoms with Gasteiger partial charge in [0.1, 0.15) is 4.60 Å². The van der Waals surface area contributed by atoms with Crippen LogP contribution in [-0.2, 0) is 5.33 Å². The van der Waals surface area contributed by atoms with Crippen LogP contribution in [0.1, 0.15) is 5.56 Å². The molecule has 1 aromatic heterocycles. The average Bonchev–Trinajstić information content (AvgIpc) is 2.17. The first-order valence-corrected chi connectivity index (χ1v) is 6.30. The van der Waals surface area contributed by atoms with Crippen molar-refractivity contribution in [3.63, 3.8) is 0 Å². The van der Waals surface area contributed by atoms with Crippen molar-refractivity contribution >= 4 is 54.4 Å². The van der Waals surface area contributed by atoms with E-state index in [9.17, 15) is 0 Å². The second kappa shape index (κ2) is 4.17. The highest BCUT2D eigenvalue weighted by Crippen LogP contribution is 2.24. The van der Waals surface area contributed by atoms with Gasteiger partial charge in [-0.1, -0.05) is 27.5 Å². The lowest BCUT2D eigenvalue weighted by molar-refractivity contribution is 1.26. The third kappa shape index (κ3) is 1.95. The number of nitrogens with zero attached hydrogens (tertiary/aromatic N) is 1. The van der Waals surface area contributed by atoms with E-state index in [0.29, 0.717) is 0 Å². The summed E-state index contributed by atoms with van der Waals surface area (Å²) in [6.45, 7) is 0. The third-order valence-electron chi connectivity index (χ3n) is 1.95. The van der Waals surface area contributed by atoms with Crippen molar-refractivity contribution in [3.05, 3.63) is 39.5 Å². The fourth-order valence-corrected chi connectivity index (χ4v) is 2.69. The number of pyridine rings is 1. The summed E-state index contributed by atoms with van der Waals surface area (Å²) < 4.78 is 0.879. The van der Waals surface area contributed by atoms with E-state index in [0.717, 1.165) is 31.4 Å². The van der Waals surface area contributed by atoms with Crippen LogP contribution >= 0.6 is 43.5 Å². The number of benzene rings is 1. The number of hydrogen-bond acceptors (Lipinski definition) is 1. The topological polar surface area (TPSA) is 12.9 Å². The molecule has 0 saturated heterocycles.